The zero-order valence-corrected chi connectivity index (χ0v) is 7.41. The van der Waals surface area contributed by atoms with Gasteiger partial charge < -0.3 is 15.8 Å². The molecule has 1 unspecified atom stereocenters. The molecule has 0 saturated carbocycles. The second-order valence-corrected chi connectivity index (χ2v) is 3.01. The molecule has 1 rings (SSSR count). The number of hydrogen-bond acceptors (Lipinski definition) is 3. The predicted molar refractivity (Wildman–Crippen MR) is 45.8 cm³/mol. The van der Waals surface area contributed by atoms with Crippen LogP contribution in [0.2, 0.25) is 0 Å². The third kappa shape index (κ3) is 3.42. The summed E-state index contributed by atoms with van der Waals surface area (Å²) in [5.74, 6) is -0.550. The fourth-order valence-corrected chi connectivity index (χ4v) is 1.21. The molecule has 1 atom stereocenters. The highest BCUT2D eigenvalue weighted by Crippen LogP contribution is 2.11. The first kappa shape index (κ1) is 9.98. The average Bonchev–Trinajstić information content (AvgIpc) is 2.55. The van der Waals surface area contributed by atoms with Gasteiger partial charge in [0.15, 0.2) is 0 Å². The molecular weight excluding hydrogens is 172 g/mol. The summed E-state index contributed by atoms with van der Waals surface area (Å²) < 4.78 is 5.14. The summed E-state index contributed by atoms with van der Waals surface area (Å²) in [4.78, 5) is 21.6. The summed E-state index contributed by atoms with van der Waals surface area (Å²) in [5, 5.41) is 2.59. The second-order valence-electron chi connectivity index (χ2n) is 3.01. The van der Waals surface area contributed by atoms with Gasteiger partial charge in [-0.2, -0.15) is 0 Å². The number of carbonyl (C=O) groups is 2. The van der Waals surface area contributed by atoms with E-state index in [9.17, 15) is 9.59 Å². The zero-order chi connectivity index (χ0) is 9.68. The third-order valence-corrected chi connectivity index (χ3v) is 1.89. The maximum Gasteiger partial charge on any atom is 0.249 e. The Morgan fingerprint density at radius 2 is 2.31 bits per heavy atom. The summed E-state index contributed by atoms with van der Waals surface area (Å²) in [6.45, 7) is 0.946. The summed E-state index contributed by atoms with van der Waals surface area (Å²) in [5.41, 5.74) is 4.91. The van der Waals surface area contributed by atoms with Crippen molar-refractivity contribution < 1.29 is 14.3 Å². The molecule has 0 aromatic rings. The van der Waals surface area contributed by atoms with Gasteiger partial charge in [-0.05, 0) is 12.8 Å². The molecule has 5 nitrogen and oxygen atoms in total. The van der Waals surface area contributed by atoms with E-state index in [1.54, 1.807) is 0 Å². The fraction of sp³-hybridized carbons (Fsp3) is 0.750. The first-order chi connectivity index (χ1) is 6.20. The van der Waals surface area contributed by atoms with Gasteiger partial charge in [0.1, 0.15) is 6.10 Å². The first-order valence-electron chi connectivity index (χ1n) is 4.38. The molecule has 0 aliphatic carbocycles. The Balaban J connectivity index is 2.13. The van der Waals surface area contributed by atoms with E-state index in [0.29, 0.717) is 13.2 Å². The number of ether oxygens (including phenoxy) is 1. The largest absolute Gasteiger partial charge is 0.370 e. The van der Waals surface area contributed by atoms with Crippen LogP contribution in [0.1, 0.15) is 19.3 Å². The number of rotatable bonds is 4. The van der Waals surface area contributed by atoms with Gasteiger partial charge in [-0.3, -0.25) is 9.59 Å². The molecule has 5 heteroatoms. The van der Waals surface area contributed by atoms with Crippen molar-refractivity contribution in [2.75, 3.05) is 13.2 Å². The lowest BCUT2D eigenvalue weighted by molar-refractivity contribution is -0.130. The molecule has 1 heterocycles. The Bertz CT molecular complexity index is 200. The Morgan fingerprint density at radius 3 is 2.85 bits per heavy atom. The molecule has 0 aromatic carbocycles. The maximum atomic E-state index is 11.2. The molecule has 1 aliphatic heterocycles. The van der Waals surface area contributed by atoms with Crippen LogP contribution in [0.4, 0.5) is 0 Å². The van der Waals surface area contributed by atoms with Gasteiger partial charge in [0.05, 0.1) is 0 Å². The molecule has 0 spiro atoms. The van der Waals surface area contributed by atoms with Crippen molar-refractivity contribution in [1.29, 1.82) is 0 Å². The number of carbonyl (C=O) groups excluding carboxylic acids is 2. The summed E-state index contributed by atoms with van der Waals surface area (Å²) in [6.07, 6.45) is 1.54. The molecule has 1 saturated heterocycles. The van der Waals surface area contributed by atoms with Crippen molar-refractivity contribution in [3.8, 4) is 0 Å². The summed E-state index contributed by atoms with van der Waals surface area (Å²) in [6, 6.07) is 0. The molecule has 0 aromatic heterocycles. The van der Waals surface area contributed by atoms with Gasteiger partial charge in [0.2, 0.25) is 11.8 Å². The van der Waals surface area contributed by atoms with Gasteiger partial charge in [0, 0.05) is 19.6 Å². The lowest BCUT2D eigenvalue weighted by Crippen LogP contribution is -2.35. The van der Waals surface area contributed by atoms with Crippen molar-refractivity contribution in [1.82, 2.24) is 5.32 Å². The topological polar surface area (TPSA) is 81.4 Å². The van der Waals surface area contributed by atoms with Crippen LogP contribution in [0.15, 0.2) is 0 Å². The second kappa shape index (κ2) is 4.81. The standard InChI is InChI=1S/C8H14N2O3/c9-7(11)3-4-10-8(12)6-2-1-5-13-6/h6H,1-5H2,(H2,9,11)(H,10,12). The summed E-state index contributed by atoms with van der Waals surface area (Å²) >= 11 is 0. The van der Waals surface area contributed by atoms with E-state index in [0.717, 1.165) is 12.8 Å². The van der Waals surface area contributed by atoms with Gasteiger partial charge >= 0.3 is 0 Å². The van der Waals surface area contributed by atoms with E-state index in [4.69, 9.17) is 10.5 Å². The minimum absolute atomic E-state index is 0.140. The minimum atomic E-state index is -0.410. The van der Waals surface area contributed by atoms with E-state index in [2.05, 4.69) is 5.32 Å². The number of hydrogen-bond donors (Lipinski definition) is 2. The molecule has 13 heavy (non-hydrogen) atoms. The molecule has 0 radical (unpaired) electrons. The zero-order valence-electron chi connectivity index (χ0n) is 7.41. The van der Waals surface area contributed by atoms with Crippen LogP contribution >= 0.6 is 0 Å². The third-order valence-electron chi connectivity index (χ3n) is 1.89. The Labute approximate surface area is 76.6 Å². The van der Waals surface area contributed by atoms with E-state index in [1.165, 1.54) is 0 Å². The average molecular weight is 186 g/mol. The van der Waals surface area contributed by atoms with Gasteiger partial charge in [-0.25, -0.2) is 0 Å². The smallest absolute Gasteiger partial charge is 0.249 e. The minimum Gasteiger partial charge on any atom is -0.370 e. The normalized spacial score (nSPS) is 21.4. The lowest BCUT2D eigenvalue weighted by atomic mass is 10.2. The van der Waals surface area contributed by atoms with Crippen LogP contribution < -0.4 is 11.1 Å². The first-order valence-corrected chi connectivity index (χ1v) is 4.38. The van der Waals surface area contributed by atoms with Gasteiger partial charge in [0.25, 0.3) is 0 Å². The Kier molecular flexibility index (Phi) is 3.70. The highest BCUT2D eigenvalue weighted by atomic mass is 16.5. The molecule has 2 amide bonds. The van der Waals surface area contributed by atoms with E-state index in [1.807, 2.05) is 0 Å². The Morgan fingerprint density at radius 1 is 1.54 bits per heavy atom. The van der Waals surface area contributed by atoms with Crippen LogP contribution in [0.3, 0.4) is 0 Å². The predicted octanol–water partition coefficient (Wildman–Crippen LogP) is -0.843. The maximum absolute atomic E-state index is 11.2. The van der Waals surface area contributed by atoms with Gasteiger partial charge in [-0.15, -0.1) is 0 Å². The molecule has 3 N–H and O–H groups in total. The highest BCUT2D eigenvalue weighted by Gasteiger charge is 2.22. The number of primary amides is 1. The lowest BCUT2D eigenvalue weighted by Gasteiger charge is -2.08. The molecule has 74 valence electrons. The highest BCUT2D eigenvalue weighted by molar-refractivity contribution is 5.81. The van der Waals surface area contributed by atoms with Crippen LogP contribution in [0, 0.1) is 0 Å². The number of nitrogens with two attached hydrogens (primary N) is 1. The van der Waals surface area contributed by atoms with Crippen molar-refractivity contribution in [3.63, 3.8) is 0 Å². The SMILES string of the molecule is NC(=O)CCNC(=O)C1CCCO1. The monoisotopic (exact) mass is 186 g/mol. The fourth-order valence-electron chi connectivity index (χ4n) is 1.21. The molecule has 1 fully saturated rings. The Hall–Kier alpha value is -1.10. The van der Waals surface area contributed by atoms with Crippen molar-refractivity contribution in [3.05, 3.63) is 0 Å². The van der Waals surface area contributed by atoms with Crippen molar-refractivity contribution in [2.24, 2.45) is 5.73 Å². The van der Waals surface area contributed by atoms with E-state index >= 15 is 0 Å². The quantitative estimate of drug-likeness (QED) is 0.600. The summed E-state index contributed by atoms with van der Waals surface area (Å²) in [7, 11) is 0. The van der Waals surface area contributed by atoms with Gasteiger partial charge in [-0.1, -0.05) is 0 Å². The van der Waals surface area contributed by atoms with Crippen LogP contribution in [-0.4, -0.2) is 31.1 Å². The van der Waals surface area contributed by atoms with Crippen LogP contribution in [0.5, 0.6) is 0 Å². The van der Waals surface area contributed by atoms with Crippen LogP contribution in [-0.2, 0) is 14.3 Å². The molecule has 0 bridgehead atoms. The van der Waals surface area contributed by atoms with E-state index in [-0.39, 0.29) is 18.4 Å². The molecular formula is C8H14N2O3. The van der Waals surface area contributed by atoms with Crippen molar-refractivity contribution in [2.45, 2.75) is 25.4 Å². The number of amides is 2. The van der Waals surface area contributed by atoms with E-state index < -0.39 is 5.91 Å². The molecule has 1 aliphatic rings. The van der Waals surface area contributed by atoms with Crippen LogP contribution in [0.25, 0.3) is 0 Å². The van der Waals surface area contributed by atoms with Crippen molar-refractivity contribution >= 4 is 11.8 Å². The number of nitrogens with one attached hydrogen (secondary N) is 1.